The molecular weight excluding hydrogens is 330 g/mol. The van der Waals surface area contributed by atoms with Crippen molar-refractivity contribution in [3.05, 3.63) is 54.1 Å². The van der Waals surface area contributed by atoms with E-state index in [0.717, 1.165) is 24.2 Å². The standard InChI is InChI=1S/C21H25NO4/c1-24-20-13-16(11-12-19(20)26-18-9-5-6-10-18)14-22-21(23)15-25-17-7-3-2-4-8-17/h2-4,7-8,11-13,18H,5-6,9-10,14-15H2,1H3,(H,22,23). The summed E-state index contributed by atoms with van der Waals surface area (Å²) in [6, 6.07) is 15.1. The molecule has 0 atom stereocenters. The minimum Gasteiger partial charge on any atom is -0.493 e. The van der Waals surface area contributed by atoms with Gasteiger partial charge in [-0.15, -0.1) is 0 Å². The topological polar surface area (TPSA) is 56.8 Å². The number of nitrogens with one attached hydrogen (secondary N) is 1. The maximum absolute atomic E-state index is 11.9. The molecule has 0 aromatic heterocycles. The lowest BCUT2D eigenvalue weighted by molar-refractivity contribution is -0.123. The fourth-order valence-electron chi connectivity index (χ4n) is 3.02. The van der Waals surface area contributed by atoms with E-state index in [9.17, 15) is 4.79 Å². The van der Waals surface area contributed by atoms with Gasteiger partial charge in [-0.3, -0.25) is 4.79 Å². The Hall–Kier alpha value is -2.69. The third kappa shape index (κ3) is 5.15. The van der Waals surface area contributed by atoms with Crippen molar-refractivity contribution in [1.82, 2.24) is 5.32 Å². The average Bonchev–Trinajstić information content (AvgIpc) is 3.19. The first-order chi connectivity index (χ1) is 12.7. The summed E-state index contributed by atoms with van der Waals surface area (Å²) < 4.78 is 16.9. The maximum Gasteiger partial charge on any atom is 0.258 e. The summed E-state index contributed by atoms with van der Waals surface area (Å²) in [6.07, 6.45) is 4.93. The van der Waals surface area contributed by atoms with Crippen molar-refractivity contribution >= 4 is 5.91 Å². The smallest absolute Gasteiger partial charge is 0.258 e. The molecule has 26 heavy (non-hydrogen) atoms. The van der Waals surface area contributed by atoms with E-state index < -0.39 is 0 Å². The number of carbonyl (C=O) groups is 1. The van der Waals surface area contributed by atoms with Crippen LogP contribution in [-0.2, 0) is 11.3 Å². The molecule has 0 heterocycles. The summed E-state index contributed by atoms with van der Waals surface area (Å²) in [6.45, 7) is 0.404. The molecule has 2 aromatic carbocycles. The summed E-state index contributed by atoms with van der Waals surface area (Å²) in [5.74, 6) is 1.97. The Morgan fingerprint density at radius 1 is 1.08 bits per heavy atom. The van der Waals surface area contributed by atoms with E-state index in [2.05, 4.69) is 5.32 Å². The van der Waals surface area contributed by atoms with Gasteiger partial charge in [-0.1, -0.05) is 24.3 Å². The molecule has 1 N–H and O–H groups in total. The van der Waals surface area contributed by atoms with Crippen LogP contribution in [-0.4, -0.2) is 25.7 Å². The molecule has 1 amide bonds. The van der Waals surface area contributed by atoms with Gasteiger partial charge in [0.25, 0.3) is 5.91 Å². The van der Waals surface area contributed by atoms with Gasteiger partial charge in [0, 0.05) is 6.54 Å². The number of rotatable bonds is 8. The predicted molar refractivity (Wildman–Crippen MR) is 99.7 cm³/mol. The van der Waals surface area contributed by atoms with Gasteiger partial charge in [-0.25, -0.2) is 0 Å². The number of hydrogen-bond acceptors (Lipinski definition) is 4. The zero-order valence-corrected chi connectivity index (χ0v) is 15.1. The molecular formula is C21H25NO4. The number of ether oxygens (including phenoxy) is 3. The van der Waals surface area contributed by atoms with Crippen LogP contribution in [0.1, 0.15) is 31.2 Å². The molecule has 1 fully saturated rings. The van der Waals surface area contributed by atoms with Crippen molar-refractivity contribution in [3.8, 4) is 17.2 Å². The van der Waals surface area contributed by atoms with Crippen LogP contribution in [0.4, 0.5) is 0 Å². The Kier molecular flexibility index (Phi) is 6.36. The van der Waals surface area contributed by atoms with Crippen LogP contribution < -0.4 is 19.5 Å². The van der Waals surface area contributed by atoms with E-state index >= 15 is 0 Å². The van der Waals surface area contributed by atoms with Gasteiger partial charge >= 0.3 is 0 Å². The first-order valence-electron chi connectivity index (χ1n) is 9.02. The van der Waals surface area contributed by atoms with Crippen molar-refractivity contribution in [2.45, 2.75) is 38.3 Å². The number of hydrogen-bond donors (Lipinski definition) is 1. The SMILES string of the molecule is COc1cc(CNC(=O)COc2ccccc2)ccc1OC1CCCC1. The van der Waals surface area contributed by atoms with Gasteiger partial charge in [0.05, 0.1) is 13.2 Å². The summed E-state index contributed by atoms with van der Waals surface area (Å²) in [7, 11) is 1.63. The third-order valence-corrected chi connectivity index (χ3v) is 4.43. The highest BCUT2D eigenvalue weighted by Crippen LogP contribution is 2.32. The number of benzene rings is 2. The number of amides is 1. The van der Waals surface area contributed by atoms with Crippen molar-refractivity contribution in [3.63, 3.8) is 0 Å². The highest BCUT2D eigenvalue weighted by atomic mass is 16.5. The summed E-state index contributed by atoms with van der Waals surface area (Å²) >= 11 is 0. The number of para-hydroxylation sites is 1. The van der Waals surface area contributed by atoms with Crippen molar-refractivity contribution in [2.75, 3.05) is 13.7 Å². The van der Waals surface area contributed by atoms with Crippen LogP contribution >= 0.6 is 0 Å². The van der Waals surface area contributed by atoms with Crippen LogP contribution in [0.2, 0.25) is 0 Å². The first kappa shape index (κ1) is 18.1. The molecule has 5 heteroatoms. The van der Waals surface area contributed by atoms with E-state index in [4.69, 9.17) is 14.2 Å². The molecule has 3 rings (SSSR count). The molecule has 0 spiro atoms. The van der Waals surface area contributed by atoms with Crippen molar-refractivity contribution < 1.29 is 19.0 Å². The zero-order valence-electron chi connectivity index (χ0n) is 15.1. The zero-order chi connectivity index (χ0) is 18.2. The van der Waals surface area contributed by atoms with Gasteiger partial charge in [0.2, 0.25) is 0 Å². The number of carbonyl (C=O) groups excluding carboxylic acids is 1. The first-order valence-corrected chi connectivity index (χ1v) is 9.02. The maximum atomic E-state index is 11.9. The Balaban J connectivity index is 1.50. The lowest BCUT2D eigenvalue weighted by atomic mass is 10.2. The second kappa shape index (κ2) is 9.13. The minimum atomic E-state index is -0.167. The predicted octanol–water partition coefficient (Wildman–Crippen LogP) is 3.71. The fourth-order valence-corrected chi connectivity index (χ4v) is 3.02. The summed E-state index contributed by atoms with van der Waals surface area (Å²) in [4.78, 5) is 11.9. The van der Waals surface area contributed by atoms with Gasteiger partial charge in [0.1, 0.15) is 5.75 Å². The Morgan fingerprint density at radius 2 is 1.85 bits per heavy atom. The quantitative estimate of drug-likeness (QED) is 0.784. The Morgan fingerprint density at radius 3 is 2.58 bits per heavy atom. The van der Waals surface area contributed by atoms with Crippen molar-refractivity contribution in [1.29, 1.82) is 0 Å². The fraction of sp³-hybridized carbons (Fsp3) is 0.381. The third-order valence-electron chi connectivity index (χ3n) is 4.43. The van der Waals surface area contributed by atoms with E-state index in [-0.39, 0.29) is 18.6 Å². The van der Waals surface area contributed by atoms with Crippen molar-refractivity contribution in [2.24, 2.45) is 0 Å². The van der Waals surface area contributed by atoms with Crippen LogP contribution in [0.3, 0.4) is 0 Å². The molecule has 0 saturated heterocycles. The molecule has 0 aliphatic heterocycles. The van der Waals surface area contributed by atoms with Crippen LogP contribution in [0.15, 0.2) is 48.5 Å². The Bertz CT molecular complexity index is 711. The molecule has 1 aliphatic carbocycles. The number of methoxy groups -OCH3 is 1. The monoisotopic (exact) mass is 355 g/mol. The van der Waals surface area contributed by atoms with Crippen LogP contribution in [0, 0.1) is 0 Å². The second-order valence-electron chi connectivity index (χ2n) is 6.39. The highest BCUT2D eigenvalue weighted by molar-refractivity contribution is 5.77. The normalized spacial score (nSPS) is 14.0. The molecule has 1 saturated carbocycles. The molecule has 0 radical (unpaired) electrons. The van der Waals surface area contributed by atoms with E-state index in [1.807, 2.05) is 48.5 Å². The largest absolute Gasteiger partial charge is 0.493 e. The lowest BCUT2D eigenvalue weighted by Gasteiger charge is -2.16. The Labute approximate surface area is 154 Å². The van der Waals surface area contributed by atoms with Crippen LogP contribution in [0.25, 0.3) is 0 Å². The summed E-state index contributed by atoms with van der Waals surface area (Å²) in [5.41, 5.74) is 0.952. The van der Waals surface area contributed by atoms with Gasteiger partial charge < -0.3 is 19.5 Å². The van der Waals surface area contributed by atoms with Gasteiger partial charge in [-0.2, -0.15) is 0 Å². The lowest BCUT2D eigenvalue weighted by Crippen LogP contribution is -2.28. The van der Waals surface area contributed by atoms with Gasteiger partial charge in [-0.05, 0) is 55.5 Å². The van der Waals surface area contributed by atoms with Crippen LogP contribution in [0.5, 0.6) is 17.2 Å². The second-order valence-corrected chi connectivity index (χ2v) is 6.39. The molecule has 1 aliphatic rings. The van der Waals surface area contributed by atoms with E-state index in [0.29, 0.717) is 18.0 Å². The molecule has 5 nitrogen and oxygen atoms in total. The highest BCUT2D eigenvalue weighted by Gasteiger charge is 2.18. The summed E-state index contributed by atoms with van der Waals surface area (Å²) in [5, 5.41) is 2.85. The molecule has 0 unspecified atom stereocenters. The minimum absolute atomic E-state index is 0.00990. The van der Waals surface area contributed by atoms with E-state index in [1.54, 1.807) is 7.11 Å². The van der Waals surface area contributed by atoms with E-state index in [1.165, 1.54) is 12.8 Å². The average molecular weight is 355 g/mol. The molecule has 0 bridgehead atoms. The molecule has 138 valence electrons. The van der Waals surface area contributed by atoms with Gasteiger partial charge in [0.15, 0.2) is 18.1 Å². The molecule has 2 aromatic rings.